The lowest BCUT2D eigenvalue weighted by molar-refractivity contribution is -0.139. The van der Waals surface area contributed by atoms with Crippen LogP contribution in [0.3, 0.4) is 0 Å². The van der Waals surface area contributed by atoms with Gasteiger partial charge in [0.1, 0.15) is 5.75 Å². The number of anilines is 1. The fraction of sp³-hybridized carbons (Fsp3) is 0.286. The van der Waals surface area contributed by atoms with Gasteiger partial charge in [-0.1, -0.05) is 23.7 Å². The summed E-state index contributed by atoms with van der Waals surface area (Å²) in [5.41, 5.74) is 1.81. The highest BCUT2D eigenvalue weighted by molar-refractivity contribution is 6.32. The Morgan fingerprint density at radius 1 is 1.11 bits per heavy atom. The summed E-state index contributed by atoms with van der Waals surface area (Å²) >= 11 is 6.19. The number of nitrogens with one attached hydrogen (secondary N) is 1. The summed E-state index contributed by atoms with van der Waals surface area (Å²) in [4.78, 5) is 37.1. The molecule has 1 heterocycles. The SMILES string of the molecule is CC(C)Oc1ccc(NC(=O)c2ccc(CN3C(=O)CCC3=O)cc2)cc1Cl. The number of rotatable bonds is 6. The lowest BCUT2D eigenvalue weighted by Gasteiger charge is -2.14. The molecule has 0 saturated carbocycles. The molecule has 1 fully saturated rings. The van der Waals surface area contributed by atoms with E-state index in [0.717, 1.165) is 5.56 Å². The van der Waals surface area contributed by atoms with Crippen molar-refractivity contribution < 1.29 is 19.1 Å². The molecular weight excluding hydrogens is 380 g/mol. The fourth-order valence-electron chi connectivity index (χ4n) is 2.87. The third kappa shape index (κ3) is 4.70. The molecule has 0 aromatic heterocycles. The Morgan fingerprint density at radius 2 is 1.75 bits per heavy atom. The first-order valence-corrected chi connectivity index (χ1v) is 9.41. The van der Waals surface area contributed by atoms with E-state index in [-0.39, 0.29) is 43.2 Å². The third-order valence-corrected chi connectivity index (χ3v) is 4.56. The molecule has 3 rings (SSSR count). The van der Waals surface area contributed by atoms with Gasteiger partial charge >= 0.3 is 0 Å². The standard InChI is InChI=1S/C21H21ClN2O4/c1-13(2)28-18-8-7-16(11-17(18)22)23-21(27)15-5-3-14(4-6-15)12-24-19(25)9-10-20(24)26/h3-8,11,13H,9-10,12H2,1-2H3,(H,23,27). The molecule has 1 aliphatic heterocycles. The predicted molar refractivity (Wildman–Crippen MR) is 106 cm³/mol. The number of hydrogen-bond acceptors (Lipinski definition) is 4. The molecule has 7 heteroatoms. The zero-order valence-corrected chi connectivity index (χ0v) is 16.5. The Balaban J connectivity index is 1.64. The summed E-state index contributed by atoms with van der Waals surface area (Å²) in [6.07, 6.45) is 0.536. The van der Waals surface area contributed by atoms with Crippen molar-refractivity contribution in [1.82, 2.24) is 4.90 Å². The van der Waals surface area contributed by atoms with Gasteiger partial charge in [0.25, 0.3) is 5.91 Å². The normalized spacial score (nSPS) is 13.9. The average molecular weight is 401 g/mol. The molecule has 2 aromatic carbocycles. The van der Waals surface area contributed by atoms with Crippen LogP contribution in [0.5, 0.6) is 5.75 Å². The lowest BCUT2D eigenvalue weighted by Crippen LogP contribution is -2.28. The van der Waals surface area contributed by atoms with Crippen molar-refractivity contribution >= 4 is 35.0 Å². The number of carbonyl (C=O) groups excluding carboxylic acids is 3. The number of imide groups is 1. The average Bonchev–Trinajstić information content (AvgIpc) is 2.96. The maximum Gasteiger partial charge on any atom is 0.255 e. The topological polar surface area (TPSA) is 75.7 Å². The van der Waals surface area contributed by atoms with Crippen LogP contribution in [-0.2, 0) is 16.1 Å². The van der Waals surface area contributed by atoms with Crippen LogP contribution in [0, 0.1) is 0 Å². The Bertz CT molecular complexity index is 893. The van der Waals surface area contributed by atoms with E-state index < -0.39 is 0 Å². The van der Waals surface area contributed by atoms with Gasteiger partial charge in [-0.2, -0.15) is 0 Å². The molecule has 6 nitrogen and oxygen atoms in total. The molecule has 0 unspecified atom stereocenters. The van der Waals surface area contributed by atoms with Crippen LogP contribution >= 0.6 is 11.6 Å². The zero-order valence-electron chi connectivity index (χ0n) is 15.7. The van der Waals surface area contributed by atoms with Gasteiger partial charge in [0.2, 0.25) is 11.8 Å². The second kappa shape index (κ2) is 8.44. The Hall–Kier alpha value is -2.86. The number of likely N-dealkylation sites (tertiary alicyclic amines) is 1. The van der Waals surface area contributed by atoms with Crippen LogP contribution in [0.2, 0.25) is 5.02 Å². The van der Waals surface area contributed by atoms with E-state index in [2.05, 4.69) is 5.32 Å². The minimum absolute atomic E-state index is 0.00241. The van der Waals surface area contributed by atoms with Crippen molar-refractivity contribution in [1.29, 1.82) is 0 Å². The second-order valence-electron chi connectivity index (χ2n) is 6.84. The number of hydrogen-bond donors (Lipinski definition) is 1. The number of carbonyl (C=O) groups is 3. The van der Waals surface area contributed by atoms with Crippen LogP contribution in [0.1, 0.15) is 42.6 Å². The first-order valence-electron chi connectivity index (χ1n) is 9.03. The minimum atomic E-state index is -0.284. The van der Waals surface area contributed by atoms with Crippen LogP contribution < -0.4 is 10.1 Å². The van der Waals surface area contributed by atoms with Gasteiger partial charge in [0.15, 0.2) is 0 Å². The molecule has 3 amide bonds. The lowest BCUT2D eigenvalue weighted by atomic mass is 10.1. The van der Waals surface area contributed by atoms with Gasteiger partial charge in [-0.3, -0.25) is 19.3 Å². The van der Waals surface area contributed by atoms with Crippen molar-refractivity contribution in [2.45, 2.75) is 39.3 Å². The first kappa shape index (κ1) is 19.9. The van der Waals surface area contributed by atoms with Gasteiger partial charge in [0, 0.05) is 24.1 Å². The number of benzene rings is 2. The van der Waals surface area contributed by atoms with E-state index in [9.17, 15) is 14.4 Å². The van der Waals surface area contributed by atoms with Gasteiger partial charge in [0.05, 0.1) is 17.7 Å². The number of ether oxygens (including phenoxy) is 1. The molecule has 2 aromatic rings. The number of halogens is 1. The van der Waals surface area contributed by atoms with Crippen LogP contribution in [0.4, 0.5) is 5.69 Å². The fourth-order valence-corrected chi connectivity index (χ4v) is 3.10. The molecule has 1 aliphatic rings. The molecule has 146 valence electrons. The summed E-state index contributed by atoms with van der Waals surface area (Å²) in [5.74, 6) is -0.0410. The van der Waals surface area contributed by atoms with Gasteiger partial charge in [-0.05, 0) is 49.7 Å². The van der Waals surface area contributed by atoms with E-state index in [1.165, 1.54) is 4.90 Å². The quantitative estimate of drug-likeness (QED) is 0.743. The molecule has 0 atom stereocenters. The largest absolute Gasteiger partial charge is 0.489 e. The predicted octanol–water partition coefficient (Wildman–Crippen LogP) is 4.03. The maximum absolute atomic E-state index is 12.4. The van der Waals surface area contributed by atoms with Crippen molar-refractivity contribution in [3.05, 3.63) is 58.6 Å². The van der Waals surface area contributed by atoms with Gasteiger partial charge in [-0.15, -0.1) is 0 Å². The molecule has 0 aliphatic carbocycles. The summed E-state index contributed by atoms with van der Waals surface area (Å²) in [5, 5.41) is 3.21. The van der Waals surface area contributed by atoms with E-state index in [1.54, 1.807) is 42.5 Å². The van der Waals surface area contributed by atoms with E-state index >= 15 is 0 Å². The molecular formula is C21H21ClN2O4. The number of amides is 3. The Labute approximate surface area is 168 Å². The van der Waals surface area contributed by atoms with Crippen LogP contribution in [-0.4, -0.2) is 28.7 Å². The van der Waals surface area contributed by atoms with Crippen LogP contribution in [0.15, 0.2) is 42.5 Å². The van der Waals surface area contributed by atoms with Crippen LogP contribution in [0.25, 0.3) is 0 Å². The highest BCUT2D eigenvalue weighted by Gasteiger charge is 2.28. The summed E-state index contributed by atoms with van der Waals surface area (Å²) in [7, 11) is 0. The van der Waals surface area contributed by atoms with Crippen molar-refractivity contribution in [3.63, 3.8) is 0 Å². The second-order valence-corrected chi connectivity index (χ2v) is 7.24. The molecule has 0 bridgehead atoms. The van der Waals surface area contributed by atoms with E-state index in [0.29, 0.717) is 22.0 Å². The van der Waals surface area contributed by atoms with Crippen molar-refractivity contribution in [2.75, 3.05) is 5.32 Å². The van der Waals surface area contributed by atoms with Gasteiger partial charge in [-0.25, -0.2) is 0 Å². The first-order chi connectivity index (χ1) is 13.3. The van der Waals surface area contributed by atoms with E-state index in [1.807, 2.05) is 13.8 Å². The third-order valence-electron chi connectivity index (χ3n) is 4.26. The summed E-state index contributed by atoms with van der Waals surface area (Å²) < 4.78 is 5.58. The van der Waals surface area contributed by atoms with Gasteiger partial charge < -0.3 is 10.1 Å². The smallest absolute Gasteiger partial charge is 0.255 e. The monoisotopic (exact) mass is 400 g/mol. The molecule has 0 radical (unpaired) electrons. The highest BCUT2D eigenvalue weighted by Crippen LogP contribution is 2.28. The maximum atomic E-state index is 12.4. The summed E-state index contributed by atoms with van der Waals surface area (Å²) in [6.45, 7) is 4.04. The minimum Gasteiger partial charge on any atom is -0.489 e. The highest BCUT2D eigenvalue weighted by atomic mass is 35.5. The van der Waals surface area contributed by atoms with E-state index in [4.69, 9.17) is 16.3 Å². The molecule has 1 saturated heterocycles. The molecule has 28 heavy (non-hydrogen) atoms. The molecule has 0 spiro atoms. The Kier molecular flexibility index (Phi) is 5.99. The molecule has 1 N–H and O–H groups in total. The van der Waals surface area contributed by atoms with Crippen molar-refractivity contribution in [3.8, 4) is 5.75 Å². The number of nitrogens with zero attached hydrogens (tertiary/aromatic N) is 1. The summed E-state index contributed by atoms with van der Waals surface area (Å²) in [6, 6.07) is 11.9. The van der Waals surface area contributed by atoms with Crippen molar-refractivity contribution in [2.24, 2.45) is 0 Å². The Morgan fingerprint density at radius 3 is 2.32 bits per heavy atom. The zero-order chi connectivity index (χ0) is 20.3.